The summed E-state index contributed by atoms with van der Waals surface area (Å²) in [7, 11) is 0. The smallest absolute Gasteiger partial charge is 0.0756 e. The molecule has 0 aliphatic rings. The van der Waals surface area contributed by atoms with Crippen LogP contribution in [0.3, 0.4) is 0 Å². The number of nitrogens with one attached hydrogen (secondary N) is 1. The summed E-state index contributed by atoms with van der Waals surface area (Å²) in [6.07, 6.45) is 1.86. The first-order valence-corrected chi connectivity index (χ1v) is 8.39. The predicted molar refractivity (Wildman–Crippen MR) is 93.1 cm³/mol. The molecule has 0 saturated heterocycles. The molecule has 2 aromatic heterocycles. The quantitative estimate of drug-likeness (QED) is 0.725. The molecular weight excluding hydrogens is 288 g/mol. The maximum absolute atomic E-state index is 4.55. The van der Waals surface area contributed by atoms with Crippen LogP contribution in [0.1, 0.15) is 40.7 Å². The number of aromatic nitrogens is 1. The lowest BCUT2D eigenvalue weighted by Crippen LogP contribution is -2.26. The Morgan fingerprint density at radius 2 is 1.77 bits per heavy atom. The summed E-state index contributed by atoms with van der Waals surface area (Å²) in [5.74, 6) is 0. The van der Waals surface area contributed by atoms with Gasteiger partial charge >= 0.3 is 0 Å². The van der Waals surface area contributed by atoms with E-state index < -0.39 is 0 Å². The minimum atomic E-state index is 0.0962. The Bertz CT molecular complexity index is 667. The normalized spacial score (nSPS) is 13.7. The van der Waals surface area contributed by atoms with E-state index in [1.54, 1.807) is 0 Å². The van der Waals surface area contributed by atoms with E-state index in [0.717, 1.165) is 5.69 Å². The van der Waals surface area contributed by atoms with E-state index in [4.69, 9.17) is 0 Å². The Morgan fingerprint density at radius 3 is 2.41 bits per heavy atom. The van der Waals surface area contributed by atoms with Crippen LogP contribution < -0.4 is 5.32 Å². The zero-order chi connectivity index (χ0) is 15.4. The van der Waals surface area contributed by atoms with Gasteiger partial charge in [0.15, 0.2) is 0 Å². The van der Waals surface area contributed by atoms with Gasteiger partial charge in [-0.15, -0.1) is 11.3 Å². The fourth-order valence-electron chi connectivity index (χ4n) is 2.70. The summed E-state index contributed by atoms with van der Waals surface area (Å²) in [6.45, 7) is 4.39. The number of aryl methyl sites for hydroxylation is 1. The fourth-order valence-corrected chi connectivity index (χ4v) is 3.64. The first-order valence-electron chi connectivity index (χ1n) is 7.51. The number of thiophene rings is 1. The molecule has 1 N–H and O–H groups in total. The van der Waals surface area contributed by atoms with Crippen molar-refractivity contribution in [3.8, 4) is 0 Å². The Hall–Kier alpha value is -1.97. The monoisotopic (exact) mass is 308 g/mol. The first-order chi connectivity index (χ1) is 10.8. The highest BCUT2D eigenvalue weighted by Gasteiger charge is 2.19. The second-order valence-electron chi connectivity index (χ2n) is 5.45. The number of hydrogen-bond acceptors (Lipinski definition) is 3. The molecule has 2 nitrogen and oxygen atoms in total. The van der Waals surface area contributed by atoms with Crippen molar-refractivity contribution in [1.29, 1.82) is 0 Å². The Labute approximate surface area is 135 Å². The van der Waals surface area contributed by atoms with Gasteiger partial charge in [-0.25, -0.2) is 0 Å². The third-order valence-electron chi connectivity index (χ3n) is 3.83. The first kappa shape index (κ1) is 14.9. The minimum absolute atomic E-state index is 0.0962. The molecule has 0 amide bonds. The zero-order valence-corrected chi connectivity index (χ0v) is 13.7. The van der Waals surface area contributed by atoms with E-state index in [-0.39, 0.29) is 12.1 Å². The molecular formula is C19H20N2S. The Kier molecular flexibility index (Phi) is 4.66. The number of nitrogens with zero attached hydrogens (tertiary/aromatic N) is 1. The molecule has 0 fully saturated rings. The molecule has 3 aromatic rings. The fraction of sp³-hybridized carbons (Fsp3) is 0.211. The van der Waals surface area contributed by atoms with E-state index in [2.05, 4.69) is 65.9 Å². The van der Waals surface area contributed by atoms with Crippen molar-refractivity contribution in [2.24, 2.45) is 0 Å². The summed E-state index contributed by atoms with van der Waals surface area (Å²) >= 11 is 1.81. The molecule has 0 aliphatic carbocycles. The summed E-state index contributed by atoms with van der Waals surface area (Å²) < 4.78 is 0. The van der Waals surface area contributed by atoms with E-state index in [0.29, 0.717) is 0 Å². The van der Waals surface area contributed by atoms with Crippen molar-refractivity contribution in [3.05, 3.63) is 87.9 Å². The predicted octanol–water partition coefficient (Wildman–Crippen LogP) is 4.89. The van der Waals surface area contributed by atoms with Crippen LogP contribution in [0.2, 0.25) is 0 Å². The lowest BCUT2D eigenvalue weighted by atomic mass is 10.0. The molecule has 0 saturated carbocycles. The van der Waals surface area contributed by atoms with Gasteiger partial charge in [-0.3, -0.25) is 10.3 Å². The lowest BCUT2D eigenvalue weighted by molar-refractivity contribution is 0.513. The molecule has 0 spiro atoms. The van der Waals surface area contributed by atoms with Crippen molar-refractivity contribution >= 4 is 11.3 Å². The van der Waals surface area contributed by atoms with Crippen LogP contribution in [0, 0.1) is 6.92 Å². The number of pyridine rings is 1. The van der Waals surface area contributed by atoms with Gasteiger partial charge in [-0.1, -0.05) is 36.4 Å². The number of benzene rings is 1. The molecule has 0 bridgehead atoms. The van der Waals surface area contributed by atoms with Crippen LogP contribution in [-0.2, 0) is 0 Å². The van der Waals surface area contributed by atoms with Gasteiger partial charge in [-0.2, -0.15) is 0 Å². The molecule has 0 aliphatic heterocycles. The van der Waals surface area contributed by atoms with Crippen LogP contribution in [0.15, 0.2) is 66.2 Å². The van der Waals surface area contributed by atoms with E-state index in [1.165, 1.54) is 16.0 Å². The van der Waals surface area contributed by atoms with E-state index in [9.17, 15) is 0 Å². The standard InChI is InChI=1S/C19H20N2S/c1-14-11-13-22-19(14)15(2)21-18(16-8-4-3-5-9-16)17-10-6-7-12-20-17/h3-13,15,18,21H,1-2H3. The van der Waals surface area contributed by atoms with Crippen molar-refractivity contribution in [2.75, 3.05) is 0 Å². The number of rotatable bonds is 5. The molecule has 2 heterocycles. The largest absolute Gasteiger partial charge is 0.297 e. The van der Waals surface area contributed by atoms with Crippen LogP contribution >= 0.6 is 11.3 Å². The highest BCUT2D eigenvalue weighted by atomic mass is 32.1. The third kappa shape index (κ3) is 3.26. The van der Waals surface area contributed by atoms with Gasteiger partial charge in [0.2, 0.25) is 0 Å². The van der Waals surface area contributed by atoms with Crippen molar-refractivity contribution in [2.45, 2.75) is 25.9 Å². The molecule has 2 unspecified atom stereocenters. The van der Waals surface area contributed by atoms with Gasteiger partial charge in [0, 0.05) is 17.1 Å². The SMILES string of the molecule is Cc1ccsc1C(C)NC(c1ccccc1)c1ccccn1. The van der Waals surface area contributed by atoms with Crippen LogP contribution in [0.5, 0.6) is 0 Å². The summed E-state index contributed by atoms with van der Waals surface area (Å²) in [5.41, 5.74) is 3.63. The van der Waals surface area contributed by atoms with Crippen LogP contribution in [0.25, 0.3) is 0 Å². The average molecular weight is 308 g/mol. The molecule has 0 radical (unpaired) electrons. The maximum atomic E-state index is 4.55. The highest BCUT2D eigenvalue weighted by molar-refractivity contribution is 7.10. The van der Waals surface area contributed by atoms with Crippen molar-refractivity contribution in [3.63, 3.8) is 0 Å². The van der Waals surface area contributed by atoms with Gasteiger partial charge in [0.25, 0.3) is 0 Å². The second-order valence-corrected chi connectivity index (χ2v) is 6.40. The average Bonchev–Trinajstić information content (AvgIpc) is 3.00. The summed E-state index contributed by atoms with van der Waals surface area (Å²) in [6, 6.07) is 19.1. The van der Waals surface area contributed by atoms with Gasteiger partial charge in [0.1, 0.15) is 0 Å². The zero-order valence-electron chi connectivity index (χ0n) is 12.9. The lowest BCUT2D eigenvalue weighted by Gasteiger charge is -2.23. The molecule has 3 heteroatoms. The van der Waals surface area contributed by atoms with E-state index in [1.807, 2.05) is 35.7 Å². The summed E-state index contributed by atoms with van der Waals surface area (Å²) in [4.78, 5) is 5.94. The topological polar surface area (TPSA) is 24.9 Å². The number of hydrogen-bond donors (Lipinski definition) is 1. The highest BCUT2D eigenvalue weighted by Crippen LogP contribution is 2.28. The third-order valence-corrected chi connectivity index (χ3v) is 5.03. The van der Waals surface area contributed by atoms with Crippen LogP contribution in [0.4, 0.5) is 0 Å². The molecule has 22 heavy (non-hydrogen) atoms. The van der Waals surface area contributed by atoms with Gasteiger partial charge < -0.3 is 0 Å². The molecule has 1 aromatic carbocycles. The van der Waals surface area contributed by atoms with Crippen LogP contribution in [-0.4, -0.2) is 4.98 Å². The maximum Gasteiger partial charge on any atom is 0.0756 e. The molecule has 3 rings (SSSR count). The summed E-state index contributed by atoms with van der Waals surface area (Å²) in [5, 5.41) is 5.89. The molecule has 112 valence electrons. The van der Waals surface area contributed by atoms with Gasteiger partial charge in [-0.05, 0) is 48.6 Å². The van der Waals surface area contributed by atoms with Crippen molar-refractivity contribution < 1.29 is 0 Å². The second kappa shape index (κ2) is 6.86. The van der Waals surface area contributed by atoms with E-state index >= 15 is 0 Å². The Morgan fingerprint density at radius 1 is 1.00 bits per heavy atom. The van der Waals surface area contributed by atoms with Crippen molar-refractivity contribution in [1.82, 2.24) is 10.3 Å². The Balaban J connectivity index is 1.91. The minimum Gasteiger partial charge on any atom is -0.297 e. The molecule has 2 atom stereocenters. The van der Waals surface area contributed by atoms with Gasteiger partial charge in [0.05, 0.1) is 11.7 Å².